The standard InChI is InChI=1S/C19H22F5N3O/c1-11(2)9-18(3,25)10-28-14-5-4-13(27-16(14)17(20)21)12-6-7-26-15(8-12)19(22,23)24/h4-8,11,17H,9-10,25H2,1-3H3. The van der Waals surface area contributed by atoms with Crippen molar-refractivity contribution in [3.63, 3.8) is 0 Å². The van der Waals surface area contributed by atoms with Crippen molar-refractivity contribution in [2.75, 3.05) is 6.61 Å². The maximum Gasteiger partial charge on any atom is 0.433 e. The van der Waals surface area contributed by atoms with Crippen LogP contribution in [0.15, 0.2) is 30.5 Å². The lowest BCUT2D eigenvalue weighted by Gasteiger charge is -2.27. The van der Waals surface area contributed by atoms with Crippen LogP contribution in [-0.2, 0) is 6.18 Å². The number of hydrogen-bond acceptors (Lipinski definition) is 4. The first-order valence-corrected chi connectivity index (χ1v) is 8.63. The fourth-order valence-electron chi connectivity index (χ4n) is 2.88. The Morgan fingerprint density at radius 2 is 1.82 bits per heavy atom. The minimum absolute atomic E-state index is 0.000590. The van der Waals surface area contributed by atoms with Crippen LogP contribution >= 0.6 is 0 Å². The van der Waals surface area contributed by atoms with Crippen LogP contribution in [0.2, 0.25) is 0 Å². The quantitative estimate of drug-likeness (QED) is 0.642. The van der Waals surface area contributed by atoms with E-state index in [9.17, 15) is 22.0 Å². The van der Waals surface area contributed by atoms with Crippen LogP contribution in [0.25, 0.3) is 11.3 Å². The van der Waals surface area contributed by atoms with Gasteiger partial charge >= 0.3 is 6.18 Å². The van der Waals surface area contributed by atoms with Crippen LogP contribution in [0.4, 0.5) is 22.0 Å². The summed E-state index contributed by atoms with van der Waals surface area (Å²) in [4.78, 5) is 7.07. The van der Waals surface area contributed by atoms with E-state index in [2.05, 4.69) is 9.97 Å². The number of aromatic nitrogens is 2. The maximum absolute atomic E-state index is 13.5. The van der Waals surface area contributed by atoms with Gasteiger partial charge in [0.1, 0.15) is 23.7 Å². The highest BCUT2D eigenvalue weighted by atomic mass is 19.4. The Morgan fingerprint density at radius 3 is 2.39 bits per heavy atom. The van der Waals surface area contributed by atoms with E-state index in [-0.39, 0.29) is 23.6 Å². The fourth-order valence-corrected chi connectivity index (χ4v) is 2.88. The maximum atomic E-state index is 13.5. The molecule has 0 aliphatic heterocycles. The van der Waals surface area contributed by atoms with E-state index >= 15 is 0 Å². The molecule has 2 rings (SSSR count). The van der Waals surface area contributed by atoms with Crippen LogP contribution in [0.1, 0.15) is 45.0 Å². The zero-order valence-corrected chi connectivity index (χ0v) is 15.7. The average Bonchev–Trinajstić information content (AvgIpc) is 2.58. The highest BCUT2D eigenvalue weighted by Crippen LogP contribution is 2.33. The molecule has 0 radical (unpaired) electrons. The first-order chi connectivity index (χ1) is 12.9. The third-order valence-electron chi connectivity index (χ3n) is 3.87. The summed E-state index contributed by atoms with van der Waals surface area (Å²) in [6, 6.07) is 4.63. The Morgan fingerprint density at radius 1 is 1.14 bits per heavy atom. The molecule has 0 amide bonds. The van der Waals surface area contributed by atoms with Gasteiger partial charge in [-0.1, -0.05) is 13.8 Å². The Hall–Kier alpha value is -2.29. The monoisotopic (exact) mass is 403 g/mol. The number of alkyl halides is 5. The number of ether oxygens (including phenoxy) is 1. The van der Waals surface area contributed by atoms with Crippen molar-refractivity contribution in [2.45, 2.75) is 45.3 Å². The van der Waals surface area contributed by atoms with Crippen molar-refractivity contribution in [3.8, 4) is 17.0 Å². The van der Waals surface area contributed by atoms with Gasteiger partial charge in [-0.25, -0.2) is 13.8 Å². The van der Waals surface area contributed by atoms with E-state index in [1.807, 2.05) is 13.8 Å². The molecule has 0 bridgehead atoms. The molecule has 2 N–H and O–H groups in total. The molecule has 0 aliphatic carbocycles. The highest BCUT2D eigenvalue weighted by molar-refractivity contribution is 5.60. The van der Waals surface area contributed by atoms with Crippen molar-refractivity contribution in [1.82, 2.24) is 9.97 Å². The highest BCUT2D eigenvalue weighted by Gasteiger charge is 2.32. The lowest BCUT2D eigenvalue weighted by molar-refractivity contribution is -0.141. The Kier molecular flexibility index (Phi) is 6.59. The van der Waals surface area contributed by atoms with E-state index in [0.717, 1.165) is 12.3 Å². The largest absolute Gasteiger partial charge is 0.490 e. The molecule has 0 saturated carbocycles. The molecule has 9 heteroatoms. The normalized spacial score (nSPS) is 14.4. The molecule has 0 fully saturated rings. The van der Waals surface area contributed by atoms with Crippen molar-refractivity contribution < 1.29 is 26.7 Å². The van der Waals surface area contributed by atoms with Gasteiger partial charge in [-0.3, -0.25) is 4.98 Å². The lowest BCUT2D eigenvalue weighted by atomic mass is 9.93. The summed E-state index contributed by atoms with van der Waals surface area (Å²) in [5, 5.41) is 0. The molecule has 2 aromatic rings. The second-order valence-corrected chi connectivity index (χ2v) is 7.35. The second kappa shape index (κ2) is 8.38. The van der Waals surface area contributed by atoms with Gasteiger partial charge in [0.15, 0.2) is 0 Å². The molecule has 28 heavy (non-hydrogen) atoms. The van der Waals surface area contributed by atoms with Gasteiger partial charge in [0, 0.05) is 17.3 Å². The molecule has 0 aromatic carbocycles. The summed E-state index contributed by atoms with van der Waals surface area (Å²) >= 11 is 0. The third-order valence-corrected chi connectivity index (χ3v) is 3.87. The van der Waals surface area contributed by atoms with Gasteiger partial charge in [0.25, 0.3) is 6.43 Å². The zero-order chi connectivity index (χ0) is 21.1. The molecular formula is C19H22F5N3O. The van der Waals surface area contributed by atoms with Crippen molar-refractivity contribution in [1.29, 1.82) is 0 Å². The van der Waals surface area contributed by atoms with Crippen molar-refractivity contribution in [2.24, 2.45) is 11.7 Å². The van der Waals surface area contributed by atoms with Crippen LogP contribution < -0.4 is 10.5 Å². The number of pyridine rings is 2. The van der Waals surface area contributed by atoms with Crippen LogP contribution in [-0.4, -0.2) is 22.1 Å². The summed E-state index contributed by atoms with van der Waals surface area (Å²) in [7, 11) is 0. The van der Waals surface area contributed by atoms with Gasteiger partial charge in [0.2, 0.25) is 0 Å². The fraction of sp³-hybridized carbons (Fsp3) is 0.474. The number of halogens is 5. The summed E-state index contributed by atoms with van der Waals surface area (Å²) < 4.78 is 70.9. The zero-order valence-electron chi connectivity index (χ0n) is 15.7. The smallest absolute Gasteiger partial charge is 0.433 e. The van der Waals surface area contributed by atoms with E-state index < -0.39 is 29.5 Å². The van der Waals surface area contributed by atoms with Crippen LogP contribution in [0.3, 0.4) is 0 Å². The molecule has 1 atom stereocenters. The molecule has 0 saturated heterocycles. The topological polar surface area (TPSA) is 61.0 Å². The van der Waals surface area contributed by atoms with Gasteiger partial charge in [-0.2, -0.15) is 13.2 Å². The minimum atomic E-state index is -4.65. The SMILES string of the molecule is CC(C)CC(C)(N)COc1ccc(-c2ccnc(C(F)(F)F)c2)nc1C(F)F. The lowest BCUT2D eigenvalue weighted by Crippen LogP contribution is -2.43. The molecule has 2 heterocycles. The van der Waals surface area contributed by atoms with E-state index in [0.29, 0.717) is 12.3 Å². The van der Waals surface area contributed by atoms with Gasteiger partial charge in [-0.15, -0.1) is 0 Å². The Bertz CT molecular complexity index is 806. The first kappa shape index (κ1) is 22.0. The average molecular weight is 403 g/mol. The van der Waals surface area contributed by atoms with Crippen LogP contribution in [0, 0.1) is 5.92 Å². The summed E-state index contributed by atoms with van der Waals surface area (Å²) in [5.74, 6) is 0.146. The predicted octanol–water partition coefficient (Wildman–Crippen LogP) is 5.24. The van der Waals surface area contributed by atoms with Crippen molar-refractivity contribution in [3.05, 3.63) is 41.9 Å². The predicted molar refractivity (Wildman–Crippen MR) is 95.0 cm³/mol. The van der Waals surface area contributed by atoms with Crippen molar-refractivity contribution >= 4 is 0 Å². The number of rotatable bonds is 7. The molecule has 4 nitrogen and oxygen atoms in total. The minimum Gasteiger partial charge on any atom is -0.490 e. The molecule has 0 spiro atoms. The first-order valence-electron chi connectivity index (χ1n) is 8.63. The van der Waals surface area contributed by atoms with Gasteiger partial charge in [-0.05, 0) is 43.5 Å². The molecule has 154 valence electrons. The van der Waals surface area contributed by atoms with E-state index in [1.165, 1.54) is 18.2 Å². The van der Waals surface area contributed by atoms with E-state index in [1.54, 1.807) is 6.92 Å². The second-order valence-electron chi connectivity index (χ2n) is 7.35. The molecular weight excluding hydrogens is 381 g/mol. The number of nitrogens with two attached hydrogens (primary N) is 1. The Balaban J connectivity index is 2.31. The molecule has 0 aliphatic rings. The summed E-state index contributed by atoms with van der Waals surface area (Å²) in [5.41, 5.74) is 3.62. The molecule has 1 unspecified atom stereocenters. The number of nitrogens with zero attached hydrogens (tertiary/aromatic N) is 2. The van der Waals surface area contributed by atoms with Crippen LogP contribution in [0.5, 0.6) is 5.75 Å². The van der Waals surface area contributed by atoms with Gasteiger partial charge in [0.05, 0.1) is 5.69 Å². The number of hydrogen-bond donors (Lipinski definition) is 1. The van der Waals surface area contributed by atoms with E-state index in [4.69, 9.17) is 10.5 Å². The third kappa shape index (κ3) is 5.85. The summed E-state index contributed by atoms with van der Waals surface area (Å²) in [6.07, 6.45) is -6.03. The van der Waals surface area contributed by atoms with Gasteiger partial charge < -0.3 is 10.5 Å². The molecule has 2 aromatic heterocycles. The summed E-state index contributed by atoms with van der Waals surface area (Å²) in [6.45, 7) is 5.72. The Labute approximate surface area is 159 Å².